The first kappa shape index (κ1) is 23.7. The number of nitro benzene ring substituents is 1. The number of nitrogens with one attached hydrogen (secondary N) is 2. The second-order valence-corrected chi connectivity index (χ2v) is 6.77. The molecular weight excluding hydrogens is 444 g/mol. The van der Waals surface area contributed by atoms with E-state index in [2.05, 4.69) is 15.8 Å². The van der Waals surface area contributed by atoms with Gasteiger partial charge in [-0.3, -0.25) is 19.7 Å². The van der Waals surface area contributed by atoms with Crippen molar-refractivity contribution in [2.75, 3.05) is 19.0 Å². The summed E-state index contributed by atoms with van der Waals surface area (Å²) in [7, 11) is 1.42. The van der Waals surface area contributed by atoms with Crippen molar-refractivity contribution in [2.24, 2.45) is 5.10 Å². The minimum atomic E-state index is -0.573. The van der Waals surface area contributed by atoms with Gasteiger partial charge in [0, 0.05) is 17.8 Å². The summed E-state index contributed by atoms with van der Waals surface area (Å²) >= 11 is 0. The SMILES string of the molecule is COc1cc(/C=N\NC(=O)c2ccccc2O)ccc1OCC(=O)Nc1cccc([N+](=O)[O-])c1. The van der Waals surface area contributed by atoms with Crippen LogP contribution in [0.1, 0.15) is 15.9 Å². The first-order chi connectivity index (χ1) is 16.4. The maximum atomic E-state index is 12.2. The van der Waals surface area contributed by atoms with E-state index in [1.165, 1.54) is 49.7 Å². The first-order valence-corrected chi connectivity index (χ1v) is 9.84. The summed E-state index contributed by atoms with van der Waals surface area (Å²) in [4.78, 5) is 34.5. The van der Waals surface area contributed by atoms with Crippen LogP contribution in [0.25, 0.3) is 0 Å². The summed E-state index contributed by atoms with van der Waals surface area (Å²) in [6, 6.07) is 16.4. The number of carbonyl (C=O) groups is 2. The molecule has 0 fully saturated rings. The molecule has 0 atom stereocenters. The molecule has 3 aromatic carbocycles. The Morgan fingerprint density at radius 3 is 2.62 bits per heavy atom. The van der Waals surface area contributed by atoms with E-state index < -0.39 is 16.7 Å². The van der Waals surface area contributed by atoms with Crippen molar-refractivity contribution in [3.8, 4) is 17.2 Å². The highest BCUT2D eigenvalue weighted by Gasteiger charge is 2.12. The summed E-state index contributed by atoms with van der Waals surface area (Å²) in [6.45, 7) is -0.358. The summed E-state index contributed by atoms with van der Waals surface area (Å²) in [5.41, 5.74) is 3.10. The topological polar surface area (TPSA) is 152 Å². The van der Waals surface area contributed by atoms with Gasteiger partial charge in [-0.25, -0.2) is 5.43 Å². The van der Waals surface area contributed by atoms with Crippen molar-refractivity contribution in [2.45, 2.75) is 0 Å². The third kappa shape index (κ3) is 6.29. The van der Waals surface area contributed by atoms with Crippen LogP contribution < -0.4 is 20.2 Å². The molecule has 0 saturated heterocycles. The Kier molecular flexibility index (Phi) is 7.74. The first-order valence-electron chi connectivity index (χ1n) is 9.84. The predicted molar refractivity (Wildman–Crippen MR) is 123 cm³/mol. The molecule has 11 nitrogen and oxygen atoms in total. The number of para-hydroxylation sites is 1. The number of hydrazone groups is 1. The van der Waals surface area contributed by atoms with Gasteiger partial charge < -0.3 is 19.9 Å². The Hall–Kier alpha value is -4.93. The normalized spacial score (nSPS) is 10.5. The lowest BCUT2D eigenvalue weighted by atomic mass is 10.2. The second kappa shape index (κ2) is 11.1. The standard InChI is InChI=1S/C23H20N4O7/c1-33-21-11-15(13-24-26-23(30)18-7-2-3-8-19(18)28)9-10-20(21)34-14-22(29)25-16-5-4-6-17(12-16)27(31)32/h2-13,28H,14H2,1H3,(H,25,29)(H,26,30)/b24-13-. The van der Waals surface area contributed by atoms with Crippen LogP contribution in [0, 0.1) is 10.1 Å². The zero-order valence-corrected chi connectivity index (χ0v) is 17.9. The van der Waals surface area contributed by atoms with E-state index in [1.54, 1.807) is 30.3 Å². The average molecular weight is 464 g/mol. The highest BCUT2D eigenvalue weighted by molar-refractivity contribution is 5.97. The van der Waals surface area contributed by atoms with Gasteiger partial charge >= 0.3 is 0 Å². The number of methoxy groups -OCH3 is 1. The van der Waals surface area contributed by atoms with Crippen molar-refractivity contribution in [1.29, 1.82) is 0 Å². The van der Waals surface area contributed by atoms with E-state index in [9.17, 15) is 24.8 Å². The number of carbonyl (C=O) groups excluding carboxylic acids is 2. The van der Waals surface area contributed by atoms with Crippen molar-refractivity contribution in [3.05, 3.63) is 88.0 Å². The van der Waals surface area contributed by atoms with Crippen LogP contribution in [0.5, 0.6) is 17.2 Å². The molecule has 0 aliphatic carbocycles. The van der Waals surface area contributed by atoms with Crippen molar-refractivity contribution >= 4 is 29.4 Å². The minimum absolute atomic E-state index is 0.0874. The number of amides is 2. The fourth-order valence-electron chi connectivity index (χ4n) is 2.81. The molecule has 2 amide bonds. The van der Waals surface area contributed by atoms with E-state index >= 15 is 0 Å². The summed E-state index contributed by atoms with van der Waals surface area (Å²) in [6.07, 6.45) is 1.37. The Labute approximate surface area is 193 Å². The number of non-ortho nitro benzene ring substituents is 1. The molecule has 11 heteroatoms. The van der Waals surface area contributed by atoms with Gasteiger partial charge in [-0.1, -0.05) is 18.2 Å². The van der Waals surface area contributed by atoms with Crippen LogP contribution in [0.4, 0.5) is 11.4 Å². The number of nitro groups is 1. The van der Waals surface area contributed by atoms with Gasteiger partial charge in [0.15, 0.2) is 18.1 Å². The van der Waals surface area contributed by atoms with Crippen molar-refractivity contribution < 1.29 is 29.1 Å². The third-order valence-corrected chi connectivity index (χ3v) is 4.42. The fraction of sp³-hybridized carbons (Fsp3) is 0.0870. The molecule has 3 aromatic rings. The minimum Gasteiger partial charge on any atom is -0.507 e. The summed E-state index contributed by atoms with van der Waals surface area (Å²) in [5, 5.41) is 26.9. The molecule has 0 heterocycles. The Morgan fingerprint density at radius 1 is 1.09 bits per heavy atom. The van der Waals surface area contributed by atoms with Gasteiger partial charge in [0.1, 0.15) is 5.75 Å². The van der Waals surface area contributed by atoms with Crippen LogP contribution >= 0.6 is 0 Å². The number of nitrogens with zero attached hydrogens (tertiary/aromatic N) is 2. The number of ether oxygens (including phenoxy) is 2. The smallest absolute Gasteiger partial charge is 0.275 e. The number of aromatic hydroxyl groups is 1. The molecule has 0 aromatic heterocycles. The van der Waals surface area contributed by atoms with Crippen LogP contribution in [0.15, 0.2) is 71.8 Å². The van der Waals surface area contributed by atoms with E-state index in [0.29, 0.717) is 11.3 Å². The Bertz CT molecular complexity index is 1240. The highest BCUT2D eigenvalue weighted by Crippen LogP contribution is 2.27. The Morgan fingerprint density at radius 2 is 1.88 bits per heavy atom. The number of hydrogen-bond acceptors (Lipinski definition) is 8. The summed E-state index contributed by atoms with van der Waals surface area (Å²) < 4.78 is 10.8. The van der Waals surface area contributed by atoms with Crippen molar-refractivity contribution in [1.82, 2.24) is 5.43 Å². The average Bonchev–Trinajstić information content (AvgIpc) is 2.83. The lowest BCUT2D eigenvalue weighted by molar-refractivity contribution is -0.384. The molecule has 3 rings (SSSR count). The predicted octanol–water partition coefficient (Wildman–Crippen LogP) is 3.09. The van der Waals surface area contributed by atoms with E-state index in [1.807, 2.05) is 0 Å². The molecule has 3 N–H and O–H groups in total. The maximum absolute atomic E-state index is 12.2. The van der Waals surface area contributed by atoms with Crippen molar-refractivity contribution in [3.63, 3.8) is 0 Å². The van der Waals surface area contributed by atoms with Gasteiger partial charge in [-0.15, -0.1) is 0 Å². The molecule has 0 bridgehead atoms. The van der Waals surface area contributed by atoms with Crippen LogP contribution in [-0.4, -0.2) is 41.8 Å². The van der Waals surface area contributed by atoms with Gasteiger partial charge in [-0.2, -0.15) is 5.10 Å². The number of phenols is 1. The molecule has 0 radical (unpaired) electrons. The number of hydrogen-bond donors (Lipinski definition) is 3. The monoisotopic (exact) mass is 464 g/mol. The molecule has 0 saturated carbocycles. The van der Waals surface area contributed by atoms with Gasteiger partial charge in [0.25, 0.3) is 17.5 Å². The molecule has 0 unspecified atom stereocenters. The second-order valence-electron chi connectivity index (χ2n) is 6.77. The van der Waals surface area contributed by atoms with E-state index in [0.717, 1.165) is 0 Å². The molecule has 0 aliphatic rings. The largest absolute Gasteiger partial charge is 0.507 e. The third-order valence-electron chi connectivity index (χ3n) is 4.42. The highest BCUT2D eigenvalue weighted by atomic mass is 16.6. The summed E-state index contributed by atoms with van der Waals surface area (Å²) in [5.74, 6) is -0.643. The van der Waals surface area contributed by atoms with Gasteiger partial charge in [0.2, 0.25) is 0 Å². The van der Waals surface area contributed by atoms with E-state index in [4.69, 9.17) is 9.47 Å². The number of benzene rings is 3. The Balaban J connectivity index is 1.58. The quantitative estimate of drug-likeness (QED) is 0.250. The fourth-order valence-corrected chi connectivity index (χ4v) is 2.81. The molecule has 174 valence electrons. The van der Waals surface area contributed by atoms with Crippen LogP contribution in [0.3, 0.4) is 0 Å². The van der Waals surface area contributed by atoms with Crippen LogP contribution in [-0.2, 0) is 4.79 Å². The molecule has 0 aliphatic heterocycles. The molecule has 34 heavy (non-hydrogen) atoms. The molecular formula is C23H20N4O7. The lowest BCUT2D eigenvalue weighted by Crippen LogP contribution is -2.20. The number of rotatable bonds is 9. The van der Waals surface area contributed by atoms with Gasteiger partial charge in [-0.05, 0) is 42.0 Å². The number of anilines is 1. The maximum Gasteiger partial charge on any atom is 0.275 e. The van der Waals surface area contributed by atoms with Crippen LogP contribution in [0.2, 0.25) is 0 Å². The lowest BCUT2D eigenvalue weighted by Gasteiger charge is -2.11. The zero-order chi connectivity index (χ0) is 24.5. The van der Waals surface area contributed by atoms with E-state index in [-0.39, 0.29) is 35.0 Å². The van der Waals surface area contributed by atoms with Gasteiger partial charge in [0.05, 0.1) is 23.8 Å². The number of phenolic OH excluding ortho intramolecular Hbond substituents is 1. The molecule has 0 spiro atoms. The zero-order valence-electron chi connectivity index (χ0n) is 17.9.